The summed E-state index contributed by atoms with van der Waals surface area (Å²) in [4.78, 5) is 81.1. The second-order valence-electron chi connectivity index (χ2n) is 14.1. The summed E-state index contributed by atoms with van der Waals surface area (Å²) in [6.45, 7) is 5.24. The number of fused-ring (bicyclic) bond motifs is 4. The number of likely N-dealkylation sites (N-methyl/N-ethyl adjacent to an activating group) is 1. The lowest BCUT2D eigenvalue weighted by atomic mass is 9.54. The molecular weight excluding hydrogens is 819 g/mol. The fourth-order valence-electron chi connectivity index (χ4n) is 8.19. The monoisotopic (exact) mass is 857 g/mol. The molecule has 2 aliphatic heterocycles. The Bertz CT molecular complexity index is 2340. The summed E-state index contributed by atoms with van der Waals surface area (Å²) in [5.41, 5.74) is 6.96. The molecule has 1 aromatic heterocycles. The van der Waals surface area contributed by atoms with E-state index in [0.29, 0.717) is 16.9 Å². The van der Waals surface area contributed by atoms with Crippen molar-refractivity contribution in [2.45, 2.75) is 42.0 Å². The van der Waals surface area contributed by atoms with Crippen molar-refractivity contribution in [1.82, 2.24) is 20.1 Å². The van der Waals surface area contributed by atoms with E-state index in [1.165, 1.54) is 48.3 Å². The minimum Gasteiger partial charge on any atom is -0.508 e. The minimum absolute atomic E-state index is 0. The summed E-state index contributed by atoms with van der Waals surface area (Å²) in [6, 6.07) is 2.19. The Hall–Kier alpha value is -6.11. The Labute approximate surface area is 341 Å². The van der Waals surface area contributed by atoms with Gasteiger partial charge in [0.1, 0.15) is 45.6 Å². The number of amides is 3. The number of benzene rings is 1. The molecule has 59 heavy (non-hydrogen) atoms. The Morgan fingerprint density at radius 3 is 2.37 bits per heavy atom. The number of thiazole rings is 1. The molecule has 3 amide bonds. The van der Waals surface area contributed by atoms with Gasteiger partial charge in [0.05, 0.1) is 23.6 Å². The number of carboxylic acids is 1. The number of β-lactam (4-membered cyclic amide) rings is 1. The number of phenolic OH excluding ortho intramolecular Hbond substituents is 1. The van der Waals surface area contributed by atoms with Gasteiger partial charge in [0.2, 0.25) is 5.78 Å². The third-order valence-corrected chi connectivity index (χ3v) is 12.8. The van der Waals surface area contributed by atoms with E-state index in [4.69, 9.17) is 16.7 Å². The van der Waals surface area contributed by atoms with Crippen LogP contribution in [0.15, 0.2) is 69.6 Å². The maximum Gasteiger partial charge on any atom is 0.352 e. The number of rotatable bonds is 7. The highest BCUT2D eigenvalue weighted by atomic mass is 32.2. The third-order valence-electron chi connectivity index (χ3n) is 10.8. The number of aliphatic hydroxyl groups is 4. The number of hydrogen-bond donors (Lipinski definition) is 10. The Balaban J connectivity index is 0.000000225. The molecule has 0 bridgehead atoms. The summed E-state index contributed by atoms with van der Waals surface area (Å²) < 4.78 is 0. The first-order valence-electron chi connectivity index (χ1n) is 17.2. The highest BCUT2D eigenvalue weighted by Gasteiger charge is 2.68. The lowest BCUT2D eigenvalue weighted by Gasteiger charge is -2.53. The smallest absolute Gasteiger partial charge is 0.352 e. The molecule has 7 rings (SSSR count). The molecule has 2 fully saturated rings. The molecule has 5 aliphatic rings. The molecule has 2 aromatic rings. The number of thioether (sulfide) groups is 1. The van der Waals surface area contributed by atoms with Gasteiger partial charge in [0.25, 0.3) is 17.7 Å². The van der Waals surface area contributed by atoms with Crippen LogP contribution in [0.1, 0.15) is 29.7 Å². The van der Waals surface area contributed by atoms with Crippen LogP contribution in [-0.2, 0) is 28.8 Å². The SMILES string of the molecule is C=CC1=C(C(=O)O)N2C(=O)[C@@H](NC(=O)/C(=N\O)c3csc(N)n3)[C@H]2SC1.C[C@H]1c2cccc(O)c2C(O)=C2C(=O)[C@]3(O)C(O)=C(C(N)=O)C(=O)[C@@H](N(C)C)[C@@H]3[C@@H](O)[C@@H]21.O. The maximum atomic E-state index is 13.7. The lowest BCUT2D eigenvalue weighted by Crippen LogP contribution is -2.71. The molecule has 3 heterocycles. The average Bonchev–Trinajstić information content (AvgIpc) is 3.60. The van der Waals surface area contributed by atoms with Gasteiger partial charge < -0.3 is 58.1 Å². The number of anilines is 1. The number of nitrogens with zero attached hydrogens (tertiary/aromatic N) is 4. The Morgan fingerprint density at radius 2 is 1.83 bits per heavy atom. The zero-order valence-corrected chi connectivity index (χ0v) is 32.8. The van der Waals surface area contributed by atoms with Crippen LogP contribution in [0.4, 0.5) is 5.13 Å². The standard InChI is InChI=1S/C22H24N2O8.C14H13N5O5S2.H2O/c1-7-8-5-4-6-9(25)11(8)16(26)12-10(7)17(27)14-15(24(2)3)18(28)13(21(23)31)20(30)22(14,32)19(12)29;1-2-5-3-25-12-8(11(21)19(12)9(5)13(22)23)17-10(20)7(18-24)6-4-26-14(15)16-6;/h4-7,10,14-15,17,25-27,30,32H,1-3H3,(H2,23,31);2,4,8,12,24H,1,3H2,(H2,15,16)(H,17,20)(H,22,23);1H2/b;18-7-;/t7-,10+,14+,15-,17-,22-;8-,12-;/m01./s1. The van der Waals surface area contributed by atoms with Crippen LogP contribution in [0.25, 0.3) is 5.76 Å². The minimum atomic E-state index is -2.89. The van der Waals surface area contributed by atoms with Gasteiger partial charge in [-0.05, 0) is 37.2 Å². The number of primary amides is 1. The zero-order chi connectivity index (χ0) is 42.9. The molecule has 3 aliphatic carbocycles. The van der Waals surface area contributed by atoms with Crippen molar-refractivity contribution in [3.63, 3.8) is 0 Å². The maximum absolute atomic E-state index is 13.7. The molecule has 1 saturated heterocycles. The number of carboxylic acid groups (broad SMARTS) is 1. The second kappa shape index (κ2) is 15.9. The number of Topliss-reactive ketones (excluding diaryl/α,β-unsaturated/α-hetero) is 2. The first kappa shape index (κ1) is 44.0. The van der Waals surface area contributed by atoms with Gasteiger partial charge in [-0.3, -0.25) is 33.8 Å². The van der Waals surface area contributed by atoms with E-state index in [2.05, 4.69) is 22.0 Å². The molecule has 21 nitrogen and oxygen atoms in total. The summed E-state index contributed by atoms with van der Waals surface area (Å²) >= 11 is 2.37. The predicted octanol–water partition coefficient (Wildman–Crippen LogP) is -1.50. The van der Waals surface area contributed by atoms with Gasteiger partial charge in [-0.25, -0.2) is 9.78 Å². The van der Waals surface area contributed by atoms with Gasteiger partial charge in [-0.2, -0.15) is 0 Å². The Kier molecular flexibility index (Phi) is 11.9. The van der Waals surface area contributed by atoms with Crippen LogP contribution < -0.4 is 16.8 Å². The number of oxime groups is 1. The first-order valence-corrected chi connectivity index (χ1v) is 19.1. The number of aromatic hydroxyl groups is 1. The van der Waals surface area contributed by atoms with Crippen LogP contribution in [0, 0.1) is 11.8 Å². The van der Waals surface area contributed by atoms with Crippen molar-refractivity contribution in [3.8, 4) is 5.75 Å². The van der Waals surface area contributed by atoms with Gasteiger partial charge in [-0.15, -0.1) is 23.1 Å². The number of nitrogens with two attached hydrogens (primary N) is 2. The predicted molar refractivity (Wildman–Crippen MR) is 209 cm³/mol. The number of phenols is 1. The first-order chi connectivity index (χ1) is 27.3. The van der Waals surface area contributed by atoms with E-state index in [0.717, 1.165) is 16.2 Å². The van der Waals surface area contributed by atoms with Crippen molar-refractivity contribution >= 4 is 75.0 Å². The van der Waals surface area contributed by atoms with Crippen molar-refractivity contribution < 1.29 is 70.1 Å². The molecule has 0 spiro atoms. The molecule has 0 unspecified atom stereocenters. The second-order valence-corrected chi connectivity index (χ2v) is 16.0. The van der Waals surface area contributed by atoms with E-state index in [-0.39, 0.29) is 39.0 Å². The van der Waals surface area contributed by atoms with Crippen LogP contribution in [0.5, 0.6) is 5.75 Å². The molecule has 314 valence electrons. The third kappa shape index (κ3) is 6.60. The van der Waals surface area contributed by atoms with Gasteiger partial charge in [0, 0.05) is 22.6 Å². The Morgan fingerprint density at radius 1 is 1.17 bits per heavy atom. The molecule has 8 atom stereocenters. The fourth-order valence-corrected chi connectivity index (χ4v) is 10.1. The van der Waals surface area contributed by atoms with E-state index in [9.17, 15) is 59.4 Å². The highest BCUT2D eigenvalue weighted by molar-refractivity contribution is 8.00. The van der Waals surface area contributed by atoms with E-state index < -0.39 is 105 Å². The number of carbonyl (C=O) groups is 6. The summed E-state index contributed by atoms with van der Waals surface area (Å²) in [6.07, 6.45) is -0.192. The quantitative estimate of drug-likeness (QED) is 0.0498. The number of hydrogen-bond acceptors (Lipinski definition) is 18. The number of nitrogens with one attached hydrogen (secondary N) is 1. The van der Waals surface area contributed by atoms with Crippen LogP contribution in [0.3, 0.4) is 0 Å². The van der Waals surface area contributed by atoms with Crippen LogP contribution in [0.2, 0.25) is 0 Å². The van der Waals surface area contributed by atoms with Crippen LogP contribution >= 0.6 is 23.1 Å². The molecule has 1 saturated carbocycles. The van der Waals surface area contributed by atoms with Crippen LogP contribution in [-0.4, -0.2) is 146 Å². The lowest BCUT2D eigenvalue weighted by molar-refractivity contribution is -0.169. The molecule has 0 radical (unpaired) electrons. The zero-order valence-electron chi connectivity index (χ0n) is 31.2. The van der Waals surface area contributed by atoms with Gasteiger partial charge in [-0.1, -0.05) is 36.9 Å². The molecule has 1 aromatic carbocycles. The molecule has 23 heteroatoms. The number of aliphatic hydroxyl groups excluding tert-OH is 3. The van der Waals surface area contributed by atoms with Gasteiger partial charge >= 0.3 is 5.97 Å². The van der Waals surface area contributed by atoms with E-state index in [1.807, 2.05) is 0 Å². The topological polar surface area (TPSA) is 371 Å². The number of carbonyl (C=O) groups excluding carboxylic acids is 5. The number of nitrogen functional groups attached to an aromatic ring is 1. The average molecular weight is 858 g/mol. The van der Waals surface area contributed by atoms with E-state index >= 15 is 0 Å². The number of aromatic nitrogens is 1. The van der Waals surface area contributed by atoms with Crippen molar-refractivity contribution in [2.75, 3.05) is 25.6 Å². The molecule has 14 N–H and O–H groups in total. The van der Waals surface area contributed by atoms with Gasteiger partial charge in [0.15, 0.2) is 22.2 Å². The summed E-state index contributed by atoms with van der Waals surface area (Å²) in [7, 11) is 2.92. The normalized spacial score (nSPS) is 28.6. The summed E-state index contributed by atoms with van der Waals surface area (Å²) in [5.74, 6) is -11.1. The summed E-state index contributed by atoms with van der Waals surface area (Å²) in [5, 5.41) is 79.8. The number of ketones is 2. The largest absolute Gasteiger partial charge is 0.508 e. The van der Waals surface area contributed by atoms with Crippen molar-refractivity contribution in [2.24, 2.45) is 22.7 Å². The fraction of sp³-hybridized carbons (Fsp3) is 0.333. The number of allylic oxidation sites excluding steroid dienone is 1. The van der Waals surface area contributed by atoms with Crippen molar-refractivity contribution in [3.05, 3.63) is 81.2 Å². The van der Waals surface area contributed by atoms with Crippen molar-refractivity contribution in [1.29, 1.82) is 0 Å². The van der Waals surface area contributed by atoms with E-state index in [1.54, 1.807) is 19.1 Å². The highest BCUT2D eigenvalue weighted by Crippen LogP contribution is 2.56. The molecular formula is C36H39N7O14S2. The number of aliphatic carboxylic acids is 1.